The minimum atomic E-state index is -0.226. The summed E-state index contributed by atoms with van der Waals surface area (Å²) in [5.74, 6) is 0.180. The molecule has 142 valence electrons. The normalized spacial score (nSPS) is 19.3. The molecule has 0 saturated heterocycles. The Morgan fingerprint density at radius 3 is 2.62 bits per heavy atom. The zero-order valence-corrected chi connectivity index (χ0v) is 16.2. The summed E-state index contributed by atoms with van der Waals surface area (Å²) < 4.78 is 0. The standard InChI is InChI=1S/C19H28N4O2S/c1-13-7-3-5-9-15(13)18(25)20-12-11-17(24)22-23-19(26)21-16-10-6-4-8-14(16)2/h3,5,7,9,14,16H,4,6,8,10-12H2,1-2H3,(H,20,25)(H,22,24)(H2,21,23,26). The molecule has 0 spiro atoms. The van der Waals surface area contributed by atoms with Gasteiger partial charge in [0.05, 0.1) is 0 Å². The van der Waals surface area contributed by atoms with Gasteiger partial charge >= 0.3 is 0 Å². The van der Waals surface area contributed by atoms with Crippen molar-refractivity contribution in [3.05, 3.63) is 35.4 Å². The Kier molecular flexibility index (Phi) is 7.84. The summed E-state index contributed by atoms with van der Waals surface area (Å²) in [7, 11) is 0. The van der Waals surface area contributed by atoms with E-state index in [9.17, 15) is 9.59 Å². The van der Waals surface area contributed by atoms with Crippen LogP contribution in [0.25, 0.3) is 0 Å². The molecule has 6 nitrogen and oxygen atoms in total. The van der Waals surface area contributed by atoms with Gasteiger partial charge in [0.25, 0.3) is 5.91 Å². The highest BCUT2D eigenvalue weighted by Crippen LogP contribution is 2.23. The lowest BCUT2D eigenvalue weighted by molar-refractivity contribution is -0.121. The van der Waals surface area contributed by atoms with Crippen LogP contribution in [-0.2, 0) is 4.79 Å². The maximum atomic E-state index is 12.1. The van der Waals surface area contributed by atoms with Gasteiger partial charge in [-0.05, 0) is 49.5 Å². The van der Waals surface area contributed by atoms with Crippen LogP contribution in [-0.4, -0.2) is 29.5 Å². The number of hydrogen-bond acceptors (Lipinski definition) is 3. The molecule has 0 bridgehead atoms. The molecular weight excluding hydrogens is 348 g/mol. The first-order chi connectivity index (χ1) is 12.5. The van der Waals surface area contributed by atoms with Gasteiger partial charge < -0.3 is 10.6 Å². The molecule has 1 saturated carbocycles. The average molecular weight is 377 g/mol. The molecule has 0 aromatic heterocycles. The Labute approximate surface area is 160 Å². The second-order valence-corrected chi connectivity index (χ2v) is 7.24. The van der Waals surface area contributed by atoms with Crippen molar-refractivity contribution < 1.29 is 9.59 Å². The number of carbonyl (C=O) groups excluding carboxylic acids is 2. The molecule has 7 heteroatoms. The zero-order valence-electron chi connectivity index (χ0n) is 15.4. The predicted molar refractivity (Wildman–Crippen MR) is 107 cm³/mol. The Morgan fingerprint density at radius 1 is 1.15 bits per heavy atom. The predicted octanol–water partition coefficient (Wildman–Crippen LogP) is 2.19. The molecule has 4 N–H and O–H groups in total. The van der Waals surface area contributed by atoms with Crippen molar-refractivity contribution >= 4 is 29.1 Å². The van der Waals surface area contributed by atoms with E-state index in [1.165, 1.54) is 19.3 Å². The molecule has 2 rings (SSSR count). The second-order valence-electron chi connectivity index (χ2n) is 6.84. The van der Waals surface area contributed by atoms with Gasteiger partial charge in [0, 0.05) is 24.6 Å². The van der Waals surface area contributed by atoms with E-state index in [0.29, 0.717) is 22.6 Å². The van der Waals surface area contributed by atoms with E-state index in [2.05, 4.69) is 28.4 Å². The third-order valence-corrected chi connectivity index (χ3v) is 4.99. The van der Waals surface area contributed by atoms with Gasteiger partial charge in [0.1, 0.15) is 0 Å². The average Bonchev–Trinajstić information content (AvgIpc) is 2.62. The minimum Gasteiger partial charge on any atom is -0.358 e. The van der Waals surface area contributed by atoms with Crippen LogP contribution in [0.15, 0.2) is 24.3 Å². The molecule has 26 heavy (non-hydrogen) atoms. The molecule has 2 atom stereocenters. The van der Waals surface area contributed by atoms with Crippen LogP contribution in [0.3, 0.4) is 0 Å². The first-order valence-electron chi connectivity index (χ1n) is 9.16. The summed E-state index contributed by atoms with van der Waals surface area (Å²) >= 11 is 5.23. The fourth-order valence-corrected chi connectivity index (χ4v) is 3.34. The van der Waals surface area contributed by atoms with Crippen molar-refractivity contribution in [1.29, 1.82) is 0 Å². The van der Waals surface area contributed by atoms with Crippen molar-refractivity contribution in [2.24, 2.45) is 5.92 Å². The lowest BCUT2D eigenvalue weighted by Gasteiger charge is -2.30. The van der Waals surface area contributed by atoms with Crippen molar-refractivity contribution in [1.82, 2.24) is 21.5 Å². The van der Waals surface area contributed by atoms with Gasteiger partial charge in [-0.1, -0.05) is 38.0 Å². The van der Waals surface area contributed by atoms with Crippen LogP contribution >= 0.6 is 12.2 Å². The minimum absolute atomic E-state index is 0.174. The Bertz CT molecular complexity index is 650. The smallest absolute Gasteiger partial charge is 0.251 e. The highest BCUT2D eigenvalue weighted by Gasteiger charge is 2.21. The van der Waals surface area contributed by atoms with E-state index in [1.54, 1.807) is 6.07 Å². The zero-order chi connectivity index (χ0) is 18.9. The molecule has 2 unspecified atom stereocenters. The summed E-state index contributed by atoms with van der Waals surface area (Å²) in [4.78, 5) is 24.0. The largest absolute Gasteiger partial charge is 0.358 e. The number of amides is 2. The molecule has 2 amide bonds. The lowest BCUT2D eigenvalue weighted by atomic mass is 9.86. The number of carbonyl (C=O) groups is 2. The number of benzene rings is 1. The van der Waals surface area contributed by atoms with Crippen molar-refractivity contribution in [2.75, 3.05) is 6.54 Å². The summed E-state index contributed by atoms with van der Waals surface area (Å²) in [6.07, 6.45) is 4.95. The maximum Gasteiger partial charge on any atom is 0.251 e. The van der Waals surface area contributed by atoms with Crippen LogP contribution in [0.4, 0.5) is 0 Å². The Balaban J connectivity index is 1.63. The van der Waals surface area contributed by atoms with E-state index in [1.807, 2.05) is 25.1 Å². The van der Waals surface area contributed by atoms with E-state index in [4.69, 9.17) is 12.2 Å². The van der Waals surface area contributed by atoms with E-state index < -0.39 is 0 Å². The number of hydrazine groups is 1. The fourth-order valence-electron chi connectivity index (χ4n) is 3.14. The van der Waals surface area contributed by atoms with Gasteiger partial charge in [0.2, 0.25) is 5.91 Å². The first-order valence-corrected chi connectivity index (χ1v) is 9.57. The van der Waals surface area contributed by atoms with Gasteiger partial charge in [-0.2, -0.15) is 0 Å². The maximum absolute atomic E-state index is 12.1. The third-order valence-electron chi connectivity index (χ3n) is 4.77. The molecule has 1 aliphatic rings. The summed E-state index contributed by atoms with van der Waals surface area (Å²) in [6.45, 7) is 4.36. The van der Waals surface area contributed by atoms with Gasteiger partial charge in [0.15, 0.2) is 5.11 Å². The number of rotatable bonds is 5. The van der Waals surface area contributed by atoms with Gasteiger partial charge in [-0.3, -0.25) is 20.4 Å². The van der Waals surface area contributed by atoms with Crippen LogP contribution in [0.1, 0.15) is 54.9 Å². The number of aryl methyl sites for hydroxylation is 1. The molecule has 1 aromatic rings. The SMILES string of the molecule is Cc1ccccc1C(=O)NCCC(=O)NNC(=S)NC1CCCCC1C. The highest BCUT2D eigenvalue weighted by molar-refractivity contribution is 7.80. The van der Waals surface area contributed by atoms with Gasteiger partial charge in [-0.25, -0.2) is 0 Å². The Hall–Kier alpha value is -2.15. The van der Waals surface area contributed by atoms with Crippen molar-refractivity contribution in [3.8, 4) is 0 Å². The third kappa shape index (κ3) is 6.29. The second kappa shape index (κ2) is 10.1. The van der Waals surface area contributed by atoms with Crippen molar-refractivity contribution in [2.45, 2.75) is 52.0 Å². The van der Waals surface area contributed by atoms with Crippen LogP contribution in [0.5, 0.6) is 0 Å². The van der Waals surface area contributed by atoms with E-state index >= 15 is 0 Å². The molecule has 0 heterocycles. The van der Waals surface area contributed by atoms with E-state index in [-0.39, 0.29) is 24.8 Å². The van der Waals surface area contributed by atoms with Crippen LogP contribution in [0, 0.1) is 12.8 Å². The van der Waals surface area contributed by atoms with Crippen LogP contribution < -0.4 is 21.5 Å². The summed E-state index contributed by atoms with van der Waals surface area (Å²) in [5, 5.41) is 6.45. The fraction of sp³-hybridized carbons (Fsp3) is 0.526. The lowest BCUT2D eigenvalue weighted by Crippen LogP contribution is -2.51. The Morgan fingerprint density at radius 2 is 1.88 bits per heavy atom. The highest BCUT2D eigenvalue weighted by atomic mass is 32.1. The van der Waals surface area contributed by atoms with E-state index in [0.717, 1.165) is 12.0 Å². The molecule has 0 aliphatic heterocycles. The quantitative estimate of drug-likeness (QED) is 0.468. The number of hydrogen-bond donors (Lipinski definition) is 4. The molecular formula is C19H28N4O2S. The molecule has 1 aliphatic carbocycles. The van der Waals surface area contributed by atoms with Gasteiger partial charge in [-0.15, -0.1) is 0 Å². The number of nitrogens with one attached hydrogen (secondary N) is 4. The van der Waals surface area contributed by atoms with Crippen molar-refractivity contribution in [3.63, 3.8) is 0 Å². The molecule has 1 aromatic carbocycles. The topological polar surface area (TPSA) is 82.3 Å². The molecule has 1 fully saturated rings. The molecule has 0 radical (unpaired) electrons. The summed E-state index contributed by atoms with van der Waals surface area (Å²) in [6, 6.07) is 7.71. The first kappa shape index (κ1) is 20.2. The summed E-state index contributed by atoms with van der Waals surface area (Å²) in [5.41, 5.74) is 6.84. The number of thiocarbonyl (C=S) groups is 1. The monoisotopic (exact) mass is 376 g/mol. The van der Waals surface area contributed by atoms with Crippen LogP contribution in [0.2, 0.25) is 0 Å².